The van der Waals surface area contributed by atoms with Gasteiger partial charge in [0.2, 0.25) is 35.4 Å². The summed E-state index contributed by atoms with van der Waals surface area (Å²) in [6.45, 7) is 7.86. The lowest BCUT2D eigenvalue weighted by molar-refractivity contribution is -0.143. The van der Waals surface area contributed by atoms with Gasteiger partial charge in [0.25, 0.3) is 0 Å². The topological polar surface area (TPSA) is 258 Å². The van der Waals surface area contributed by atoms with Crippen LogP contribution in [0.15, 0.2) is 42.9 Å². The third-order valence-electron chi connectivity index (χ3n) is 9.97. The van der Waals surface area contributed by atoms with Gasteiger partial charge in [0.1, 0.15) is 30.2 Å². The van der Waals surface area contributed by atoms with Crippen LogP contribution in [-0.4, -0.2) is 111 Å². The predicted octanol–water partition coefficient (Wildman–Crippen LogP) is 0.546. The van der Waals surface area contributed by atoms with Crippen molar-refractivity contribution in [3.63, 3.8) is 0 Å². The van der Waals surface area contributed by atoms with Gasteiger partial charge in [-0.05, 0) is 55.9 Å². The van der Waals surface area contributed by atoms with Crippen LogP contribution < -0.4 is 32.3 Å². The van der Waals surface area contributed by atoms with Gasteiger partial charge in [-0.15, -0.1) is 0 Å². The van der Waals surface area contributed by atoms with Crippen molar-refractivity contribution in [1.29, 1.82) is 0 Å². The van der Waals surface area contributed by atoms with Gasteiger partial charge in [0.05, 0.1) is 12.4 Å². The molecule has 0 aliphatic carbocycles. The Bertz CT molecular complexity index is 1620. The van der Waals surface area contributed by atoms with Crippen molar-refractivity contribution in [3.05, 3.63) is 54.1 Å². The quantitative estimate of drug-likeness (QED) is 0.0873. The Balaban J connectivity index is 1.83. The number of aromatic amines is 1. The molecule has 6 amide bonds. The number of nitrogens with zero attached hydrogens (tertiary/aromatic N) is 2. The number of aliphatic carboxylic acids is 1. The van der Waals surface area contributed by atoms with E-state index in [0.717, 1.165) is 18.4 Å². The number of amides is 6. The highest BCUT2D eigenvalue weighted by atomic mass is 16.4. The summed E-state index contributed by atoms with van der Waals surface area (Å²) in [6, 6.07) is 2.62. The van der Waals surface area contributed by atoms with Crippen LogP contribution in [0.2, 0.25) is 0 Å². The number of H-pyrrole nitrogens is 1. The molecule has 9 N–H and O–H groups in total. The molecule has 1 aliphatic heterocycles. The van der Waals surface area contributed by atoms with Gasteiger partial charge in [-0.1, -0.05) is 64.4 Å². The number of rotatable bonds is 21. The highest BCUT2D eigenvalue weighted by molar-refractivity contribution is 5.97. The van der Waals surface area contributed by atoms with Gasteiger partial charge in [0.15, 0.2) is 0 Å². The monoisotopic (exact) mass is 781 g/mol. The predicted molar refractivity (Wildman–Crippen MR) is 207 cm³/mol. The van der Waals surface area contributed by atoms with Crippen molar-refractivity contribution >= 4 is 41.4 Å². The Morgan fingerprint density at radius 2 is 1.55 bits per heavy atom. The number of benzene rings is 1. The Labute approximate surface area is 328 Å². The van der Waals surface area contributed by atoms with E-state index in [0.29, 0.717) is 25.1 Å². The van der Waals surface area contributed by atoms with E-state index in [1.807, 2.05) is 51.1 Å². The molecule has 1 saturated heterocycles. The highest BCUT2D eigenvalue weighted by Gasteiger charge is 2.37. The second kappa shape index (κ2) is 22.3. The molecule has 0 radical (unpaired) electrons. The van der Waals surface area contributed by atoms with Crippen LogP contribution in [0.3, 0.4) is 0 Å². The first-order valence-corrected chi connectivity index (χ1v) is 19.4. The van der Waals surface area contributed by atoms with Crippen LogP contribution in [0, 0.1) is 11.8 Å². The van der Waals surface area contributed by atoms with Gasteiger partial charge in [0, 0.05) is 38.3 Å². The van der Waals surface area contributed by atoms with E-state index in [2.05, 4.69) is 36.6 Å². The Morgan fingerprint density at radius 3 is 2.18 bits per heavy atom. The summed E-state index contributed by atoms with van der Waals surface area (Å²) < 4.78 is 0. The Kier molecular flexibility index (Phi) is 17.9. The van der Waals surface area contributed by atoms with Gasteiger partial charge in [-0.25, -0.2) is 4.98 Å². The number of carbonyl (C=O) groups excluding carboxylic acids is 6. The summed E-state index contributed by atoms with van der Waals surface area (Å²) in [5, 5.41) is 23.1. The van der Waals surface area contributed by atoms with E-state index in [9.17, 15) is 38.7 Å². The molecule has 0 saturated carbocycles. The molecule has 1 aromatic carbocycles. The molecule has 2 aromatic rings. The molecule has 17 heteroatoms. The summed E-state index contributed by atoms with van der Waals surface area (Å²) in [5.41, 5.74) is 7.52. The lowest BCUT2D eigenvalue weighted by atomic mass is 9.96. The van der Waals surface area contributed by atoms with Crippen molar-refractivity contribution in [2.75, 3.05) is 13.6 Å². The van der Waals surface area contributed by atoms with Crippen LogP contribution in [-0.2, 0) is 46.4 Å². The standard InChI is InChI=1S/C39H59N9O8/c1-6-24(4)33(39(56)48(5)31-14-10-11-17-42-38(31)55)47-35(52)28(15-16-32(49)50)44-37(54)30(20-26-21-41-22-43-26)46-36(53)29(18-23(2)3)45-34(51)27(40)19-25-12-8-7-9-13-25/h7-9,12-13,21-24,27-31,33H,6,10-11,14-20,40H2,1-5H3,(H,41,43)(H,42,55)(H,44,54)(H,45,51)(H,46,53)(H,47,52)(H,49,50). The molecular weight excluding hydrogens is 722 g/mol. The molecule has 1 aliphatic rings. The van der Waals surface area contributed by atoms with Gasteiger partial charge < -0.3 is 47.3 Å². The molecule has 7 atom stereocenters. The zero-order valence-electron chi connectivity index (χ0n) is 33.0. The van der Waals surface area contributed by atoms with Crippen LogP contribution in [0.4, 0.5) is 0 Å². The first-order valence-electron chi connectivity index (χ1n) is 19.4. The summed E-state index contributed by atoms with van der Waals surface area (Å²) in [4.78, 5) is 101. The average molecular weight is 782 g/mol. The minimum absolute atomic E-state index is 0.0440. The molecule has 3 rings (SSSR count). The van der Waals surface area contributed by atoms with Crippen molar-refractivity contribution in [3.8, 4) is 0 Å². The number of hydrogen-bond acceptors (Lipinski definition) is 9. The zero-order chi connectivity index (χ0) is 41.4. The Morgan fingerprint density at radius 1 is 0.911 bits per heavy atom. The number of nitrogens with two attached hydrogens (primary N) is 1. The average Bonchev–Trinajstić information content (AvgIpc) is 3.59. The first-order chi connectivity index (χ1) is 26.6. The molecule has 2 heterocycles. The fraction of sp³-hybridized carbons (Fsp3) is 0.590. The van der Waals surface area contributed by atoms with Crippen molar-refractivity contribution in [2.24, 2.45) is 17.6 Å². The van der Waals surface area contributed by atoms with E-state index in [1.54, 1.807) is 6.92 Å². The van der Waals surface area contributed by atoms with Gasteiger partial charge >= 0.3 is 5.97 Å². The summed E-state index contributed by atoms with van der Waals surface area (Å²) in [7, 11) is 1.51. The molecular formula is C39H59N9O8. The molecule has 1 fully saturated rings. The number of likely N-dealkylation sites (N-methyl/N-ethyl adjacent to an activating group) is 1. The molecule has 308 valence electrons. The van der Waals surface area contributed by atoms with E-state index in [4.69, 9.17) is 5.73 Å². The smallest absolute Gasteiger partial charge is 0.303 e. The number of hydrogen-bond donors (Lipinski definition) is 8. The van der Waals surface area contributed by atoms with Crippen LogP contribution in [0.5, 0.6) is 0 Å². The maximum Gasteiger partial charge on any atom is 0.303 e. The Hall–Kier alpha value is -5.32. The summed E-state index contributed by atoms with van der Waals surface area (Å²) in [6.07, 6.45) is 4.85. The molecule has 1 aromatic heterocycles. The number of carboxylic acid groups (broad SMARTS) is 1. The van der Waals surface area contributed by atoms with Crippen molar-refractivity contribution < 1.29 is 38.7 Å². The van der Waals surface area contributed by atoms with Gasteiger partial charge in [-0.3, -0.25) is 33.6 Å². The largest absolute Gasteiger partial charge is 0.481 e. The molecule has 0 spiro atoms. The molecule has 56 heavy (non-hydrogen) atoms. The lowest BCUT2D eigenvalue weighted by Gasteiger charge is -2.33. The fourth-order valence-corrected chi connectivity index (χ4v) is 6.45. The number of nitrogens with one attached hydrogen (secondary N) is 6. The summed E-state index contributed by atoms with van der Waals surface area (Å²) in [5.74, 6) is -5.26. The second-order valence-electron chi connectivity index (χ2n) is 14.9. The third kappa shape index (κ3) is 14.1. The van der Waals surface area contributed by atoms with E-state index >= 15 is 0 Å². The number of carboxylic acids is 1. The molecule has 0 bridgehead atoms. The van der Waals surface area contributed by atoms with E-state index < -0.39 is 78.2 Å². The van der Waals surface area contributed by atoms with Gasteiger partial charge in [-0.2, -0.15) is 0 Å². The normalized spacial score (nSPS) is 17.5. The van der Waals surface area contributed by atoms with Crippen molar-refractivity contribution in [1.82, 2.24) is 41.5 Å². The minimum Gasteiger partial charge on any atom is -0.481 e. The number of carbonyl (C=O) groups is 7. The minimum atomic E-state index is -1.42. The van der Waals surface area contributed by atoms with Crippen LogP contribution in [0.25, 0.3) is 0 Å². The maximum absolute atomic E-state index is 14.0. The zero-order valence-corrected chi connectivity index (χ0v) is 33.0. The number of aromatic nitrogens is 2. The van der Waals surface area contributed by atoms with E-state index in [1.165, 1.54) is 24.5 Å². The summed E-state index contributed by atoms with van der Waals surface area (Å²) >= 11 is 0. The van der Waals surface area contributed by atoms with Crippen molar-refractivity contribution in [2.45, 2.75) is 122 Å². The molecule has 7 unspecified atom stereocenters. The SMILES string of the molecule is CCC(C)C(NC(=O)C(CCC(=O)O)NC(=O)C(Cc1cnc[nH]1)NC(=O)C(CC(C)C)NC(=O)C(N)Cc1ccccc1)C(=O)N(C)C1CCCCNC1=O. The van der Waals surface area contributed by atoms with Crippen LogP contribution in [0.1, 0.15) is 83.9 Å². The fourth-order valence-electron chi connectivity index (χ4n) is 6.45. The van der Waals surface area contributed by atoms with Crippen LogP contribution >= 0.6 is 0 Å². The lowest BCUT2D eigenvalue weighted by Crippen LogP contribution is -2.61. The second-order valence-corrected chi connectivity index (χ2v) is 14.9. The maximum atomic E-state index is 14.0. The number of imidazole rings is 1. The highest BCUT2D eigenvalue weighted by Crippen LogP contribution is 2.17. The molecule has 17 nitrogen and oxygen atoms in total. The van der Waals surface area contributed by atoms with E-state index in [-0.39, 0.29) is 43.4 Å². The third-order valence-corrected chi connectivity index (χ3v) is 9.97. The first kappa shape index (κ1) is 45.1.